The highest BCUT2D eigenvalue weighted by Crippen LogP contribution is 2.29. The average molecular weight is 650 g/mol. The monoisotopic (exact) mass is 649 g/mol. The lowest BCUT2D eigenvalue weighted by molar-refractivity contribution is -0.123. The smallest absolute Gasteiger partial charge is 0.407 e. The van der Waals surface area contributed by atoms with Crippen molar-refractivity contribution < 1.29 is 62.1 Å². The van der Waals surface area contributed by atoms with Gasteiger partial charge in [0, 0.05) is 55.3 Å². The number of nitrogen functional groups attached to an aromatic ring is 1. The van der Waals surface area contributed by atoms with E-state index in [0.717, 1.165) is 36.4 Å². The van der Waals surface area contributed by atoms with Crippen molar-refractivity contribution in [1.82, 2.24) is 14.9 Å². The first-order valence-electron chi connectivity index (χ1n) is 24.6. The normalized spacial score (nSPS) is 26.2. The Kier molecular flexibility index (Phi) is 5.19. The van der Waals surface area contributed by atoms with Crippen LogP contribution in [0.3, 0.4) is 0 Å². The summed E-state index contributed by atoms with van der Waals surface area (Å²) in [6.45, 7) is -24.5. The number of sulfonamides is 1. The Balaban J connectivity index is 2.50. The molecule has 0 spiro atoms. The first kappa shape index (κ1) is 13.6. The minimum Gasteiger partial charge on any atom is -0.453 e. The third kappa shape index (κ3) is 9.54. The Hall–Kier alpha value is -3.93. The van der Waals surface area contributed by atoms with Crippen LogP contribution in [0, 0.1) is 5.89 Å². The molecule has 0 aliphatic heterocycles. The van der Waals surface area contributed by atoms with Gasteiger partial charge in [-0.15, -0.1) is 0 Å². The molecule has 2 atom stereocenters. The van der Waals surface area contributed by atoms with Crippen LogP contribution in [0.4, 0.5) is 10.5 Å². The Labute approximate surface area is 295 Å². The van der Waals surface area contributed by atoms with Crippen LogP contribution in [0.25, 0.3) is 0 Å². The summed E-state index contributed by atoms with van der Waals surface area (Å²) in [5.41, 5.74) is 4.49. The molecular formula is C33H44N4O6S. The second-order valence-corrected chi connectivity index (χ2v) is 10.0. The van der Waals surface area contributed by atoms with Crippen molar-refractivity contribution in [3.8, 4) is 0 Å². The summed E-state index contributed by atoms with van der Waals surface area (Å²) < 4.78 is 242. The zero-order valence-corrected chi connectivity index (χ0v) is 23.3. The molecule has 0 heterocycles. The van der Waals surface area contributed by atoms with Crippen molar-refractivity contribution in [2.45, 2.75) is 55.6 Å². The third-order valence-corrected chi connectivity index (χ3v) is 6.97. The lowest BCUT2D eigenvalue weighted by Gasteiger charge is -2.31. The number of carbonyl (C=O) groups is 2. The van der Waals surface area contributed by atoms with E-state index in [0.29, 0.717) is 12.1 Å². The van der Waals surface area contributed by atoms with E-state index in [1.807, 2.05) is 0 Å². The van der Waals surface area contributed by atoms with Crippen LogP contribution in [0.15, 0.2) is 89.8 Å². The molecule has 0 unspecified atom stereocenters. The fourth-order valence-corrected chi connectivity index (χ4v) is 4.73. The number of nitrogens with one attached hydrogen (secondary N) is 2. The fraction of sp³-hybridized carbons (Fsp3) is 0.394. The summed E-state index contributed by atoms with van der Waals surface area (Å²) in [5.74, 6) is -10.5. The lowest BCUT2D eigenvalue weighted by atomic mass is 9.84. The molecule has 44 heavy (non-hydrogen) atoms. The Morgan fingerprint density at radius 1 is 1.00 bits per heavy atom. The van der Waals surface area contributed by atoms with Gasteiger partial charge in [0.1, 0.15) is 6.02 Å². The van der Waals surface area contributed by atoms with E-state index in [1.165, 1.54) is 47.0 Å². The van der Waals surface area contributed by atoms with Crippen molar-refractivity contribution >= 4 is 27.7 Å². The van der Waals surface area contributed by atoms with Crippen LogP contribution in [0.2, 0.25) is 0 Å². The summed E-state index contributed by atoms with van der Waals surface area (Å²) in [6.07, 6.45) is -18.0. The first-order valence-corrected chi connectivity index (χ1v) is 13.6. The molecular weight excluding hydrogens is 580 g/mol. The molecule has 0 bridgehead atoms. The second-order valence-electron chi connectivity index (χ2n) is 8.24. The predicted molar refractivity (Wildman–Crippen MR) is 171 cm³/mol. The van der Waals surface area contributed by atoms with E-state index in [1.54, 1.807) is 0 Å². The van der Waals surface area contributed by atoms with Crippen molar-refractivity contribution in [2.75, 3.05) is 32.3 Å². The Morgan fingerprint density at radius 3 is 2.16 bits per heavy atom. The number of anilines is 1. The molecule has 0 aliphatic carbocycles. The summed E-state index contributed by atoms with van der Waals surface area (Å²) in [6, 6.07) is 4.93. The van der Waals surface area contributed by atoms with E-state index in [2.05, 4.69) is 4.74 Å². The SMILES string of the molecule is [2H]C([2H])([2H])OC(=O)N[C@@]([2H])(C(=O)NC([2H])([2H])C([2H])([2H])C([2H])([2H])C([2H])([2H])[C@]([2H])(N(C([2H])([2H])C([2H])(C([2H])([2H])[2H])C([2H])([2H])[2H])S(=O)(=O)c1ccc(N)cc1)C([2H])([2H])O)C([2H])(c1ccccc1)c1ccccc1. The number of nitrogens with zero attached hydrogens (tertiary/aromatic N) is 1. The van der Waals surface area contributed by atoms with Gasteiger partial charge in [0.25, 0.3) is 0 Å². The zero-order chi connectivity index (χ0) is 54.1. The van der Waals surface area contributed by atoms with Gasteiger partial charge in [-0.2, -0.15) is 4.31 Å². The van der Waals surface area contributed by atoms with E-state index in [4.69, 9.17) is 35.9 Å². The summed E-state index contributed by atoms with van der Waals surface area (Å²) in [4.78, 5) is 26.2. The van der Waals surface area contributed by atoms with Crippen LogP contribution in [-0.4, -0.2) is 68.5 Å². The topological polar surface area (TPSA) is 151 Å². The lowest BCUT2D eigenvalue weighted by Crippen LogP contribution is -2.50. The number of rotatable bonds is 16. The highest BCUT2D eigenvalue weighted by Gasteiger charge is 2.33. The standard InChI is InChI=1S/C33H44N4O6S/c1-24(2)22-37(44(41,42)29-19-17-27(34)18-20-29)28(23-38)16-10-11-21-35-32(39)31(36-33(40)43-3)30(25-12-6-4-7-13-25)26-14-8-5-9-15-26/h4-9,12-15,17-20,24,28,30-31,38H,10-11,16,21-23,34H2,1-3H3,(H,35,39)(H,36,40)/t28-,31+/m0/s1/i1D3,2D3,3D3,10D2,11D2,16D2,21D2,22D2,23D2,24D,28D,30D,31D. The molecule has 238 valence electrons. The van der Waals surface area contributed by atoms with Gasteiger partial charge in [0.2, 0.25) is 15.9 Å². The van der Waals surface area contributed by atoms with E-state index >= 15 is 0 Å². The molecule has 0 aliphatic rings. The fourth-order valence-electron chi connectivity index (χ4n) is 3.50. The Morgan fingerprint density at radius 2 is 1.61 bits per heavy atom. The summed E-state index contributed by atoms with van der Waals surface area (Å²) in [7, 11) is -10.2. The highest BCUT2D eigenvalue weighted by atomic mass is 32.2. The van der Waals surface area contributed by atoms with Gasteiger partial charge in [-0.1, -0.05) is 80.7 Å². The number of carbonyl (C=O) groups excluding carboxylic acids is 2. The van der Waals surface area contributed by atoms with Gasteiger partial charge >= 0.3 is 6.09 Å². The second kappa shape index (κ2) is 16.8. The number of methoxy groups -OCH3 is 1. The molecule has 2 amide bonds. The molecule has 0 aromatic heterocycles. The van der Waals surface area contributed by atoms with Crippen LogP contribution >= 0.6 is 0 Å². The number of alkyl carbamates (subject to hydrolysis) is 1. The van der Waals surface area contributed by atoms with Gasteiger partial charge in [-0.25, -0.2) is 13.2 Å². The van der Waals surface area contributed by atoms with Gasteiger partial charge in [0.15, 0.2) is 0 Å². The highest BCUT2D eigenvalue weighted by molar-refractivity contribution is 7.89. The maximum Gasteiger partial charge on any atom is 0.407 e. The van der Waals surface area contributed by atoms with Gasteiger partial charge in [0.05, 0.1) is 28.1 Å². The summed E-state index contributed by atoms with van der Waals surface area (Å²) in [5, 5.41) is 13.8. The van der Waals surface area contributed by atoms with E-state index in [-0.39, 0.29) is 5.69 Å². The molecule has 5 N–H and O–H groups in total. The molecule has 10 nitrogen and oxygen atoms in total. The Bertz CT molecular complexity index is 2400. The number of amides is 2. The molecule has 3 aromatic carbocycles. The van der Waals surface area contributed by atoms with E-state index in [9.17, 15) is 27.2 Å². The number of hydrogen-bond acceptors (Lipinski definition) is 7. The maximum atomic E-state index is 14.6. The number of aliphatic hydroxyl groups is 1. The minimum atomic E-state index is -6.61. The number of nitrogens with two attached hydrogens (primary N) is 1. The minimum absolute atomic E-state index is 0.279. The van der Waals surface area contributed by atoms with Crippen molar-refractivity contribution in [1.29, 1.82) is 0 Å². The number of hydrogen-bond donors (Lipinski definition) is 4. The molecule has 0 fully saturated rings. The van der Waals surface area contributed by atoms with Crippen LogP contribution in [0.5, 0.6) is 0 Å². The molecule has 0 saturated heterocycles. The quantitative estimate of drug-likeness (QED) is 0.171. The van der Waals surface area contributed by atoms with Gasteiger partial charge in [-0.05, 0) is 54.0 Å². The molecule has 11 heteroatoms. The maximum absolute atomic E-state index is 14.6. The molecule has 0 saturated carbocycles. The van der Waals surface area contributed by atoms with Crippen LogP contribution in [-0.2, 0) is 19.6 Å². The van der Waals surface area contributed by atoms with Gasteiger partial charge in [-0.3, -0.25) is 4.79 Å². The van der Waals surface area contributed by atoms with E-state index < -0.39 is 126 Å². The van der Waals surface area contributed by atoms with Crippen LogP contribution < -0.4 is 16.4 Å². The molecule has 0 radical (unpaired) electrons. The summed E-state index contributed by atoms with van der Waals surface area (Å²) >= 11 is 0. The first-order chi connectivity index (χ1) is 30.6. The van der Waals surface area contributed by atoms with Gasteiger partial charge < -0.3 is 26.2 Å². The number of ether oxygens (including phenoxy) is 1. The molecule has 3 aromatic rings. The third-order valence-electron chi connectivity index (χ3n) is 5.34. The van der Waals surface area contributed by atoms with Crippen LogP contribution in [0.1, 0.15) is 84.1 Å². The van der Waals surface area contributed by atoms with Crippen molar-refractivity contribution in [3.05, 3.63) is 96.1 Å². The van der Waals surface area contributed by atoms with Crippen molar-refractivity contribution in [3.63, 3.8) is 0 Å². The zero-order valence-electron chi connectivity index (χ0n) is 47.5. The van der Waals surface area contributed by atoms with Crippen molar-refractivity contribution in [2.24, 2.45) is 5.89 Å². The molecule has 3 rings (SSSR count). The number of benzene rings is 3. The largest absolute Gasteiger partial charge is 0.453 e. The predicted octanol–water partition coefficient (Wildman–Crippen LogP) is 4.12. The average Bonchev–Trinajstić information content (AvgIpc) is 3.18.